The maximum Gasteiger partial charge on any atom is 0.262 e. The number of anilines is 2. The second-order valence-corrected chi connectivity index (χ2v) is 6.54. The van der Waals surface area contributed by atoms with Crippen molar-refractivity contribution in [2.45, 2.75) is 20.0 Å². The quantitative estimate of drug-likeness (QED) is 0.700. The summed E-state index contributed by atoms with van der Waals surface area (Å²) in [6.07, 6.45) is 1.17. The van der Waals surface area contributed by atoms with Crippen molar-refractivity contribution in [3.63, 3.8) is 0 Å². The predicted octanol–water partition coefficient (Wildman–Crippen LogP) is 4.70. The molecule has 0 unspecified atom stereocenters. The molecule has 4 rings (SSSR count). The highest BCUT2D eigenvalue weighted by molar-refractivity contribution is 6.11. The molecular weight excluding hydrogens is 357 g/mol. The zero-order chi connectivity index (χ0) is 19.7. The summed E-state index contributed by atoms with van der Waals surface area (Å²) in [4.78, 5) is 19.2. The molecule has 1 amide bonds. The van der Waals surface area contributed by atoms with Crippen molar-refractivity contribution in [2.24, 2.45) is 0 Å². The van der Waals surface area contributed by atoms with E-state index in [9.17, 15) is 9.18 Å². The number of carbonyl (C=O) groups excluding carboxylic acids is 1. The number of fused-ring (bicyclic) bond motifs is 1. The van der Waals surface area contributed by atoms with Crippen LogP contribution >= 0.6 is 0 Å². The first-order valence-corrected chi connectivity index (χ1v) is 9.12. The Labute approximate surface area is 162 Å². The zero-order valence-corrected chi connectivity index (χ0v) is 15.6. The molecule has 0 saturated heterocycles. The number of nitrogens with zero attached hydrogens (tertiary/aromatic N) is 2. The maximum atomic E-state index is 13.5. The minimum Gasteiger partial charge on any atom is -0.494 e. The largest absolute Gasteiger partial charge is 0.494 e. The Morgan fingerprint density at radius 2 is 1.96 bits per heavy atom. The van der Waals surface area contributed by atoms with Crippen LogP contribution in [0.2, 0.25) is 0 Å². The molecule has 142 valence electrons. The summed E-state index contributed by atoms with van der Waals surface area (Å²) in [6, 6.07) is 15.4. The van der Waals surface area contributed by atoms with E-state index < -0.39 is 6.17 Å². The Morgan fingerprint density at radius 1 is 1.18 bits per heavy atom. The SMILES string of the molecule is CCOc1ccc(N2C(=O)c3cccnc3[C@@H]2Nc2ccc(F)cc2C)cc1. The molecule has 0 bridgehead atoms. The molecule has 1 aliphatic heterocycles. The molecule has 0 aliphatic carbocycles. The van der Waals surface area contributed by atoms with E-state index in [2.05, 4.69) is 10.3 Å². The summed E-state index contributed by atoms with van der Waals surface area (Å²) in [5.41, 5.74) is 3.42. The lowest BCUT2D eigenvalue weighted by Gasteiger charge is -2.27. The van der Waals surface area contributed by atoms with Crippen molar-refractivity contribution in [1.82, 2.24) is 4.98 Å². The molecule has 2 heterocycles. The average molecular weight is 377 g/mol. The molecular formula is C22H20FN3O2. The van der Waals surface area contributed by atoms with E-state index in [4.69, 9.17) is 4.74 Å². The molecule has 1 atom stereocenters. The van der Waals surface area contributed by atoms with Crippen molar-refractivity contribution in [3.8, 4) is 5.75 Å². The zero-order valence-electron chi connectivity index (χ0n) is 15.6. The number of hydrogen-bond acceptors (Lipinski definition) is 4. The van der Waals surface area contributed by atoms with Crippen molar-refractivity contribution in [2.75, 3.05) is 16.8 Å². The third-order valence-corrected chi connectivity index (χ3v) is 4.71. The van der Waals surface area contributed by atoms with E-state index in [0.29, 0.717) is 17.9 Å². The number of benzene rings is 2. The third-order valence-electron chi connectivity index (χ3n) is 4.71. The Balaban J connectivity index is 1.74. The number of nitrogens with one attached hydrogen (secondary N) is 1. The van der Waals surface area contributed by atoms with Gasteiger partial charge in [0.05, 0.1) is 17.9 Å². The summed E-state index contributed by atoms with van der Waals surface area (Å²) in [5, 5.41) is 3.36. The molecule has 0 saturated carbocycles. The maximum absolute atomic E-state index is 13.5. The molecule has 1 aromatic heterocycles. The lowest BCUT2D eigenvalue weighted by Crippen LogP contribution is -2.32. The van der Waals surface area contributed by atoms with Crippen molar-refractivity contribution < 1.29 is 13.9 Å². The van der Waals surface area contributed by atoms with Crippen LogP contribution in [-0.4, -0.2) is 17.5 Å². The van der Waals surface area contributed by atoms with Gasteiger partial charge in [-0.25, -0.2) is 4.39 Å². The number of hydrogen-bond donors (Lipinski definition) is 1. The Hall–Kier alpha value is -3.41. The van der Waals surface area contributed by atoms with E-state index in [0.717, 1.165) is 22.7 Å². The van der Waals surface area contributed by atoms with Gasteiger partial charge in [-0.05, 0) is 74.0 Å². The van der Waals surface area contributed by atoms with Gasteiger partial charge in [0.1, 0.15) is 11.6 Å². The minimum absolute atomic E-state index is 0.135. The van der Waals surface area contributed by atoms with Crippen LogP contribution in [0, 0.1) is 12.7 Å². The van der Waals surface area contributed by atoms with Gasteiger partial charge >= 0.3 is 0 Å². The van der Waals surface area contributed by atoms with Crippen LogP contribution in [0.25, 0.3) is 0 Å². The second-order valence-electron chi connectivity index (χ2n) is 6.54. The van der Waals surface area contributed by atoms with Crippen LogP contribution < -0.4 is 15.0 Å². The molecule has 0 spiro atoms. The van der Waals surface area contributed by atoms with Gasteiger partial charge in [0.2, 0.25) is 0 Å². The third kappa shape index (κ3) is 3.17. The molecule has 28 heavy (non-hydrogen) atoms. The van der Waals surface area contributed by atoms with Gasteiger partial charge in [-0.15, -0.1) is 0 Å². The average Bonchev–Trinajstić information content (AvgIpc) is 2.97. The Bertz CT molecular complexity index is 1020. The first kappa shape index (κ1) is 18.0. The van der Waals surface area contributed by atoms with Gasteiger partial charge in [-0.2, -0.15) is 0 Å². The fourth-order valence-corrected chi connectivity index (χ4v) is 3.39. The van der Waals surface area contributed by atoms with Gasteiger partial charge in [-0.1, -0.05) is 0 Å². The summed E-state index contributed by atoms with van der Waals surface area (Å²) in [5.74, 6) is 0.310. The summed E-state index contributed by atoms with van der Waals surface area (Å²) < 4.78 is 19.0. The number of amides is 1. The van der Waals surface area contributed by atoms with Crippen LogP contribution in [0.5, 0.6) is 5.75 Å². The van der Waals surface area contributed by atoms with E-state index in [-0.39, 0.29) is 11.7 Å². The number of aromatic nitrogens is 1. The highest BCUT2D eigenvalue weighted by Crippen LogP contribution is 2.37. The summed E-state index contributed by atoms with van der Waals surface area (Å²) in [6.45, 7) is 4.32. The van der Waals surface area contributed by atoms with Crippen molar-refractivity contribution in [3.05, 3.63) is 83.4 Å². The minimum atomic E-state index is -0.495. The molecule has 0 fully saturated rings. The fraction of sp³-hybridized carbons (Fsp3) is 0.182. The number of carbonyl (C=O) groups is 1. The molecule has 3 aromatic rings. The number of pyridine rings is 1. The van der Waals surface area contributed by atoms with Crippen LogP contribution in [0.1, 0.15) is 34.7 Å². The smallest absolute Gasteiger partial charge is 0.262 e. The Kier molecular flexibility index (Phi) is 4.69. The first-order chi connectivity index (χ1) is 13.6. The van der Waals surface area contributed by atoms with Crippen LogP contribution in [0.15, 0.2) is 60.8 Å². The second kappa shape index (κ2) is 7.31. The van der Waals surface area contributed by atoms with Gasteiger partial charge in [0, 0.05) is 17.6 Å². The highest BCUT2D eigenvalue weighted by atomic mass is 19.1. The topological polar surface area (TPSA) is 54.5 Å². The first-order valence-electron chi connectivity index (χ1n) is 9.12. The monoisotopic (exact) mass is 377 g/mol. The number of halogens is 1. The molecule has 6 heteroatoms. The van der Waals surface area contributed by atoms with E-state index in [1.54, 1.807) is 29.3 Å². The number of rotatable bonds is 5. The van der Waals surface area contributed by atoms with Crippen molar-refractivity contribution in [1.29, 1.82) is 0 Å². The lowest BCUT2D eigenvalue weighted by molar-refractivity contribution is 0.0993. The standard InChI is InChI=1S/C22H20FN3O2/c1-3-28-17-9-7-16(8-10-17)26-21(20-18(22(26)27)5-4-12-24-20)25-19-11-6-15(23)13-14(19)2/h4-13,21,25H,3H2,1-2H3/t21-/m1/s1. The lowest BCUT2D eigenvalue weighted by atomic mass is 10.1. The van der Waals surface area contributed by atoms with E-state index in [1.807, 2.05) is 38.1 Å². The van der Waals surface area contributed by atoms with Crippen LogP contribution in [0.4, 0.5) is 15.8 Å². The highest BCUT2D eigenvalue weighted by Gasteiger charge is 2.39. The molecule has 1 N–H and O–H groups in total. The summed E-state index contributed by atoms with van der Waals surface area (Å²) >= 11 is 0. The molecule has 2 aromatic carbocycles. The van der Waals surface area contributed by atoms with Crippen molar-refractivity contribution >= 4 is 17.3 Å². The molecule has 1 aliphatic rings. The molecule has 0 radical (unpaired) electrons. The fourth-order valence-electron chi connectivity index (χ4n) is 3.39. The van der Waals surface area contributed by atoms with Gasteiger partial charge in [0.25, 0.3) is 5.91 Å². The predicted molar refractivity (Wildman–Crippen MR) is 106 cm³/mol. The van der Waals surface area contributed by atoms with Crippen LogP contribution in [-0.2, 0) is 0 Å². The normalized spacial score (nSPS) is 15.5. The van der Waals surface area contributed by atoms with Crippen LogP contribution in [0.3, 0.4) is 0 Å². The number of aryl methyl sites for hydroxylation is 1. The summed E-state index contributed by atoms with van der Waals surface area (Å²) in [7, 11) is 0. The van der Waals surface area contributed by atoms with E-state index >= 15 is 0 Å². The van der Waals surface area contributed by atoms with Gasteiger partial charge in [0.15, 0.2) is 6.17 Å². The van der Waals surface area contributed by atoms with Gasteiger partial charge in [-0.3, -0.25) is 14.7 Å². The molecule has 5 nitrogen and oxygen atoms in total. The Morgan fingerprint density at radius 3 is 2.68 bits per heavy atom. The number of ether oxygens (including phenoxy) is 1. The van der Waals surface area contributed by atoms with Gasteiger partial charge < -0.3 is 10.1 Å². The van der Waals surface area contributed by atoms with E-state index in [1.165, 1.54) is 12.1 Å².